The van der Waals surface area contributed by atoms with Gasteiger partial charge in [0.2, 0.25) is 5.75 Å². The predicted molar refractivity (Wildman–Crippen MR) is 128 cm³/mol. The molecular weight excluding hydrogens is 404 g/mol. The number of hydrogen-bond acceptors (Lipinski definition) is 5. The van der Waals surface area contributed by atoms with Crippen LogP contribution in [-0.4, -0.2) is 45.4 Å². The Morgan fingerprint density at radius 1 is 0.875 bits per heavy atom. The first-order chi connectivity index (χ1) is 15.7. The number of piperidine rings is 1. The summed E-state index contributed by atoms with van der Waals surface area (Å²) < 4.78 is 17.1. The number of nitrogens with zero attached hydrogens (tertiary/aromatic N) is 1. The highest BCUT2D eigenvalue weighted by molar-refractivity contribution is 5.95. The van der Waals surface area contributed by atoms with E-state index in [0.717, 1.165) is 19.5 Å². The van der Waals surface area contributed by atoms with Crippen LogP contribution in [0.25, 0.3) is 0 Å². The molecule has 0 aliphatic carbocycles. The van der Waals surface area contributed by atoms with Crippen LogP contribution in [-0.2, 0) is 6.42 Å². The van der Waals surface area contributed by atoms with E-state index in [1.165, 1.54) is 30.5 Å². The number of rotatable bonds is 11. The standard InChI is InChI=1S/C26H36N2O4/c1-4-30-23-18-21(19-24(31-5-2)25(23)32-6-3)26(29)27-15-14-20-10-12-22(13-11-20)28-16-8-7-9-17-28/h10-13,18-19H,4-9,14-17H2,1-3H3,(H,27,29). The average molecular weight is 441 g/mol. The van der Waals surface area contributed by atoms with Crippen LogP contribution >= 0.6 is 0 Å². The normalized spacial score (nSPS) is 13.5. The highest BCUT2D eigenvalue weighted by Crippen LogP contribution is 2.39. The Morgan fingerprint density at radius 3 is 2.03 bits per heavy atom. The van der Waals surface area contributed by atoms with Gasteiger partial charge in [0.1, 0.15) is 0 Å². The first kappa shape index (κ1) is 23.8. The second-order valence-electron chi connectivity index (χ2n) is 7.82. The Hall–Kier alpha value is -2.89. The number of benzene rings is 2. The van der Waals surface area contributed by atoms with Gasteiger partial charge in [0.25, 0.3) is 5.91 Å². The lowest BCUT2D eigenvalue weighted by molar-refractivity contribution is 0.0953. The Bertz CT molecular complexity index is 834. The lowest BCUT2D eigenvalue weighted by atomic mass is 10.1. The molecule has 1 fully saturated rings. The summed E-state index contributed by atoms with van der Waals surface area (Å²) in [6.07, 6.45) is 4.66. The second kappa shape index (κ2) is 12.2. The molecule has 0 aromatic heterocycles. The zero-order valence-electron chi connectivity index (χ0n) is 19.6. The minimum atomic E-state index is -0.153. The molecule has 1 heterocycles. The zero-order valence-corrected chi connectivity index (χ0v) is 19.6. The fraction of sp³-hybridized carbons (Fsp3) is 0.500. The lowest BCUT2D eigenvalue weighted by Crippen LogP contribution is -2.29. The van der Waals surface area contributed by atoms with Crippen molar-refractivity contribution in [1.29, 1.82) is 0 Å². The fourth-order valence-corrected chi connectivity index (χ4v) is 3.97. The van der Waals surface area contributed by atoms with E-state index in [2.05, 4.69) is 34.5 Å². The minimum absolute atomic E-state index is 0.153. The van der Waals surface area contributed by atoms with Gasteiger partial charge in [-0.3, -0.25) is 4.79 Å². The summed E-state index contributed by atoms with van der Waals surface area (Å²) >= 11 is 0. The molecule has 32 heavy (non-hydrogen) atoms. The number of nitrogens with one attached hydrogen (secondary N) is 1. The number of carbonyl (C=O) groups excluding carboxylic acids is 1. The smallest absolute Gasteiger partial charge is 0.251 e. The van der Waals surface area contributed by atoms with Gasteiger partial charge in [0, 0.05) is 30.9 Å². The Kier molecular flexibility index (Phi) is 9.08. The van der Waals surface area contributed by atoms with Gasteiger partial charge in [0.05, 0.1) is 19.8 Å². The van der Waals surface area contributed by atoms with Crippen LogP contribution in [0.15, 0.2) is 36.4 Å². The lowest BCUT2D eigenvalue weighted by Gasteiger charge is -2.28. The quantitative estimate of drug-likeness (QED) is 0.541. The SMILES string of the molecule is CCOc1cc(C(=O)NCCc2ccc(N3CCCCC3)cc2)cc(OCC)c1OCC. The van der Waals surface area contributed by atoms with Crippen LogP contribution in [0.5, 0.6) is 17.2 Å². The monoisotopic (exact) mass is 440 g/mol. The van der Waals surface area contributed by atoms with Gasteiger partial charge in [-0.1, -0.05) is 12.1 Å². The molecular formula is C26H36N2O4. The van der Waals surface area contributed by atoms with Crippen molar-refractivity contribution < 1.29 is 19.0 Å². The molecule has 0 bridgehead atoms. The summed E-state index contributed by atoms with van der Waals surface area (Å²) in [5.74, 6) is 1.44. The summed E-state index contributed by atoms with van der Waals surface area (Å²) in [4.78, 5) is 15.3. The third-order valence-electron chi connectivity index (χ3n) is 5.53. The van der Waals surface area contributed by atoms with Crippen molar-refractivity contribution in [2.45, 2.75) is 46.5 Å². The molecule has 1 aliphatic rings. The topological polar surface area (TPSA) is 60.0 Å². The van der Waals surface area contributed by atoms with Crippen LogP contribution in [0.3, 0.4) is 0 Å². The molecule has 2 aromatic rings. The Labute approximate surface area is 191 Å². The predicted octanol–water partition coefficient (Wildman–Crippen LogP) is 4.85. The van der Waals surface area contributed by atoms with Crippen molar-refractivity contribution in [3.8, 4) is 17.2 Å². The molecule has 6 nitrogen and oxygen atoms in total. The summed E-state index contributed by atoms with van der Waals surface area (Å²) in [7, 11) is 0. The van der Waals surface area contributed by atoms with E-state index in [1.807, 2.05) is 20.8 Å². The van der Waals surface area contributed by atoms with Crippen LogP contribution in [0.1, 0.15) is 56.0 Å². The molecule has 3 rings (SSSR count). The molecule has 0 spiro atoms. The number of amides is 1. The zero-order chi connectivity index (χ0) is 22.8. The van der Waals surface area contributed by atoms with Crippen molar-refractivity contribution in [1.82, 2.24) is 5.32 Å². The van der Waals surface area contributed by atoms with Gasteiger partial charge >= 0.3 is 0 Å². The third kappa shape index (κ3) is 6.31. The molecule has 174 valence electrons. The highest BCUT2D eigenvalue weighted by atomic mass is 16.5. The van der Waals surface area contributed by atoms with Gasteiger partial charge in [-0.2, -0.15) is 0 Å². The summed E-state index contributed by atoms with van der Waals surface area (Å²) in [6.45, 7) is 10.00. The first-order valence-corrected chi connectivity index (χ1v) is 11.8. The maximum absolute atomic E-state index is 12.8. The molecule has 1 aliphatic heterocycles. The number of anilines is 1. The molecule has 0 unspecified atom stereocenters. The van der Waals surface area contributed by atoms with Gasteiger partial charge in [-0.25, -0.2) is 0 Å². The van der Waals surface area contributed by atoms with E-state index in [9.17, 15) is 4.79 Å². The average Bonchev–Trinajstić information content (AvgIpc) is 2.82. The fourth-order valence-electron chi connectivity index (χ4n) is 3.97. The van der Waals surface area contributed by atoms with Crippen LogP contribution in [0, 0.1) is 0 Å². The number of carbonyl (C=O) groups is 1. The Morgan fingerprint density at radius 2 is 1.47 bits per heavy atom. The summed E-state index contributed by atoms with van der Waals surface area (Å²) in [5.41, 5.74) is 3.00. The number of hydrogen-bond donors (Lipinski definition) is 1. The molecule has 0 atom stereocenters. The van der Waals surface area contributed by atoms with Crippen molar-refractivity contribution in [3.05, 3.63) is 47.5 Å². The molecule has 1 saturated heterocycles. The van der Waals surface area contributed by atoms with Crippen LogP contribution in [0.4, 0.5) is 5.69 Å². The highest BCUT2D eigenvalue weighted by Gasteiger charge is 2.18. The number of ether oxygens (including phenoxy) is 3. The van der Waals surface area contributed by atoms with Crippen LogP contribution in [0.2, 0.25) is 0 Å². The van der Waals surface area contributed by atoms with Gasteiger partial charge in [0.15, 0.2) is 11.5 Å². The maximum Gasteiger partial charge on any atom is 0.251 e. The van der Waals surface area contributed by atoms with Crippen molar-refractivity contribution >= 4 is 11.6 Å². The van der Waals surface area contributed by atoms with E-state index in [0.29, 0.717) is 49.2 Å². The van der Waals surface area contributed by atoms with Crippen molar-refractivity contribution in [2.75, 3.05) is 44.4 Å². The van der Waals surface area contributed by atoms with E-state index in [4.69, 9.17) is 14.2 Å². The summed E-state index contributed by atoms with van der Waals surface area (Å²) in [6, 6.07) is 12.1. The summed E-state index contributed by atoms with van der Waals surface area (Å²) in [5, 5.41) is 3.01. The first-order valence-electron chi connectivity index (χ1n) is 11.8. The largest absolute Gasteiger partial charge is 0.490 e. The minimum Gasteiger partial charge on any atom is -0.490 e. The van der Waals surface area contributed by atoms with E-state index < -0.39 is 0 Å². The van der Waals surface area contributed by atoms with Crippen LogP contribution < -0.4 is 24.4 Å². The van der Waals surface area contributed by atoms with Gasteiger partial charge in [-0.05, 0) is 76.3 Å². The molecule has 2 aromatic carbocycles. The van der Waals surface area contributed by atoms with E-state index in [1.54, 1.807) is 12.1 Å². The molecule has 0 radical (unpaired) electrons. The van der Waals surface area contributed by atoms with E-state index >= 15 is 0 Å². The molecule has 1 N–H and O–H groups in total. The van der Waals surface area contributed by atoms with Crippen molar-refractivity contribution in [3.63, 3.8) is 0 Å². The van der Waals surface area contributed by atoms with Gasteiger partial charge in [-0.15, -0.1) is 0 Å². The second-order valence-corrected chi connectivity index (χ2v) is 7.82. The molecule has 6 heteroatoms. The molecule has 0 saturated carbocycles. The van der Waals surface area contributed by atoms with E-state index in [-0.39, 0.29) is 5.91 Å². The maximum atomic E-state index is 12.8. The molecule has 1 amide bonds. The Balaban J connectivity index is 1.61. The third-order valence-corrected chi connectivity index (χ3v) is 5.53. The van der Waals surface area contributed by atoms with Gasteiger partial charge < -0.3 is 24.4 Å². The van der Waals surface area contributed by atoms with Crippen molar-refractivity contribution in [2.24, 2.45) is 0 Å².